The van der Waals surface area contributed by atoms with E-state index in [1.54, 1.807) is 18.2 Å². The molecular formula is C14H21N3O3S. The number of amides is 1. The third kappa shape index (κ3) is 3.61. The van der Waals surface area contributed by atoms with Crippen LogP contribution in [0.4, 0.5) is 0 Å². The Labute approximate surface area is 125 Å². The summed E-state index contributed by atoms with van der Waals surface area (Å²) >= 11 is 0. The lowest BCUT2D eigenvalue weighted by molar-refractivity contribution is -0.120. The Morgan fingerprint density at radius 1 is 1.33 bits per heavy atom. The van der Waals surface area contributed by atoms with Gasteiger partial charge in [-0.2, -0.15) is 4.31 Å². The molecule has 1 amide bonds. The number of benzene rings is 1. The summed E-state index contributed by atoms with van der Waals surface area (Å²) in [6.45, 7) is 2.85. The number of carbonyl (C=O) groups excluding carboxylic acids is 1. The average Bonchev–Trinajstić information content (AvgIpc) is 2.71. The van der Waals surface area contributed by atoms with Gasteiger partial charge >= 0.3 is 0 Å². The van der Waals surface area contributed by atoms with Crippen molar-refractivity contribution < 1.29 is 13.2 Å². The molecule has 1 aliphatic rings. The van der Waals surface area contributed by atoms with Gasteiger partial charge in [0.05, 0.1) is 4.90 Å². The maximum absolute atomic E-state index is 12.7. The zero-order chi connectivity index (χ0) is 15.5. The molecule has 1 aliphatic heterocycles. The molecule has 2 N–H and O–H groups in total. The highest BCUT2D eigenvalue weighted by Gasteiger charge is 2.27. The highest BCUT2D eigenvalue weighted by Crippen LogP contribution is 2.21. The lowest BCUT2D eigenvalue weighted by Crippen LogP contribution is -2.34. The van der Waals surface area contributed by atoms with Crippen LogP contribution in [0, 0.1) is 0 Å². The van der Waals surface area contributed by atoms with E-state index in [1.807, 2.05) is 20.0 Å². The van der Waals surface area contributed by atoms with Gasteiger partial charge in [-0.1, -0.05) is 12.1 Å². The van der Waals surface area contributed by atoms with Gasteiger partial charge in [0.1, 0.15) is 0 Å². The molecule has 1 aromatic rings. The van der Waals surface area contributed by atoms with E-state index in [0.29, 0.717) is 13.1 Å². The van der Waals surface area contributed by atoms with Crippen molar-refractivity contribution in [2.75, 3.05) is 26.7 Å². The zero-order valence-electron chi connectivity index (χ0n) is 12.3. The fourth-order valence-electron chi connectivity index (χ4n) is 2.25. The van der Waals surface area contributed by atoms with Crippen LogP contribution in [0.25, 0.3) is 0 Å². The Morgan fingerprint density at radius 2 is 2.10 bits per heavy atom. The van der Waals surface area contributed by atoms with Gasteiger partial charge in [0.2, 0.25) is 15.9 Å². The van der Waals surface area contributed by atoms with Crippen LogP contribution in [0.1, 0.15) is 24.9 Å². The van der Waals surface area contributed by atoms with Crippen LogP contribution in [-0.2, 0) is 14.8 Å². The molecule has 0 aliphatic carbocycles. The van der Waals surface area contributed by atoms with Gasteiger partial charge < -0.3 is 10.6 Å². The van der Waals surface area contributed by atoms with Gasteiger partial charge in [0, 0.05) is 32.1 Å². The normalized spacial score (nSPS) is 18.9. The maximum atomic E-state index is 12.7. The predicted octanol–water partition coefficient (Wildman–Crippen LogP) is 0.478. The lowest BCUT2D eigenvalue weighted by Gasteiger charge is -2.20. The molecule has 0 saturated carbocycles. The van der Waals surface area contributed by atoms with Crippen LogP contribution in [0.3, 0.4) is 0 Å². The molecule has 116 valence electrons. The number of carbonyl (C=O) groups is 1. The molecule has 1 saturated heterocycles. The molecule has 0 spiro atoms. The molecule has 7 heteroatoms. The van der Waals surface area contributed by atoms with Gasteiger partial charge in [-0.15, -0.1) is 0 Å². The Kier molecular flexibility index (Phi) is 4.97. The van der Waals surface area contributed by atoms with Crippen LogP contribution >= 0.6 is 0 Å². The van der Waals surface area contributed by atoms with E-state index >= 15 is 0 Å². The van der Waals surface area contributed by atoms with Crippen molar-refractivity contribution in [3.05, 3.63) is 29.8 Å². The fourth-order valence-corrected chi connectivity index (χ4v) is 3.74. The van der Waals surface area contributed by atoms with Crippen LogP contribution in [0.15, 0.2) is 29.2 Å². The van der Waals surface area contributed by atoms with Crippen molar-refractivity contribution in [2.45, 2.75) is 24.3 Å². The number of hydrogen-bond acceptors (Lipinski definition) is 4. The maximum Gasteiger partial charge on any atom is 0.243 e. The van der Waals surface area contributed by atoms with Crippen molar-refractivity contribution in [3.8, 4) is 0 Å². The van der Waals surface area contributed by atoms with E-state index in [0.717, 1.165) is 5.56 Å². The van der Waals surface area contributed by atoms with Crippen molar-refractivity contribution in [1.82, 2.24) is 14.9 Å². The first-order chi connectivity index (χ1) is 9.95. The zero-order valence-corrected chi connectivity index (χ0v) is 13.1. The molecule has 1 aromatic carbocycles. The summed E-state index contributed by atoms with van der Waals surface area (Å²) < 4.78 is 26.7. The fraction of sp³-hybridized carbons (Fsp3) is 0.500. The van der Waals surface area contributed by atoms with Gasteiger partial charge in [-0.25, -0.2) is 8.42 Å². The molecule has 1 fully saturated rings. The smallest absolute Gasteiger partial charge is 0.243 e. The largest absolute Gasteiger partial charge is 0.355 e. The standard InChI is InChI=1S/C14H21N3O3S/c1-11(15-2)12-4-3-5-13(10-12)21(19,20)17-8-6-14(18)16-7-9-17/h3-5,10-11,15H,6-9H2,1-2H3,(H,16,18). The Hall–Kier alpha value is -1.44. The molecule has 1 unspecified atom stereocenters. The van der Waals surface area contributed by atoms with Crippen molar-refractivity contribution in [1.29, 1.82) is 0 Å². The molecule has 1 heterocycles. The molecule has 0 bridgehead atoms. The molecule has 6 nitrogen and oxygen atoms in total. The van der Waals surface area contributed by atoms with E-state index < -0.39 is 10.0 Å². The van der Waals surface area contributed by atoms with Crippen LogP contribution in [0.2, 0.25) is 0 Å². The monoisotopic (exact) mass is 311 g/mol. The molecule has 0 aromatic heterocycles. The molecule has 2 rings (SSSR count). The summed E-state index contributed by atoms with van der Waals surface area (Å²) in [6, 6.07) is 7.01. The summed E-state index contributed by atoms with van der Waals surface area (Å²) in [7, 11) is -1.73. The van der Waals surface area contributed by atoms with Gasteiger partial charge in [-0.3, -0.25) is 4.79 Å². The van der Waals surface area contributed by atoms with E-state index in [-0.39, 0.29) is 29.8 Å². The first-order valence-corrected chi connectivity index (χ1v) is 8.43. The minimum atomic E-state index is -3.56. The summed E-state index contributed by atoms with van der Waals surface area (Å²) in [4.78, 5) is 11.6. The first kappa shape index (κ1) is 15.9. The number of nitrogens with zero attached hydrogens (tertiary/aromatic N) is 1. The highest BCUT2D eigenvalue weighted by atomic mass is 32.2. The number of sulfonamides is 1. The third-order valence-corrected chi connectivity index (χ3v) is 5.60. The van der Waals surface area contributed by atoms with Gasteiger partial charge in [-0.05, 0) is 31.7 Å². The number of nitrogens with one attached hydrogen (secondary N) is 2. The van der Waals surface area contributed by atoms with Crippen molar-refractivity contribution >= 4 is 15.9 Å². The van der Waals surface area contributed by atoms with E-state index in [1.165, 1.54) is 4.31 Å². The second kappa shape index (κ2) is 6.55. The van der Waals surface area contributed by atoms with E-state index in [2.05, 4.69) is 10.6 Å². The Bertz CT molecular complexity index is 616. The summed E-state index contributed by atoms with van der Waals surface area (Å²) in [5.41, 5.74) is 0.919. The topological polar surface area (TPSA) is 78.5 Å². The predicted molar refractivity (Wildman–Crippen MR) is 80.3 cm³/mol. The second-order valence-electron chi connectivity index (χ2n) is 5.09. The van der Waals surface area contributed by atoms with E-state index in [4.69, 9.17) is 0 Å². The lowest BCUT2D eigenvalue weighted by atomic mass is 10.1. The third-order valence-electron chi connectivity index (χ3n) is 3.70. The second-order valence-corrected chi connectivity index (χ2v) is 7.02. The SMILES string of the molecule is CNC(C)c1cccc(S(=O)(=O)N2CCNC(=O)CC2)c1. The summed E-state index contributed by atoms with van der Waals surface area (Å²) in [5.74, 6) is -0.106. The quantitative estimate of drug-likeness (QED) is 0.848. The van der Waals surface area contributed by atoms with Crippen LogP contribution < -0.4 is 10.6 Å². The molecule has 0 radical (unpaired) electrons. The highest BCUT2D eigenvalue weighted by molar-refractivity contribution is 7.89. The average molecular weight is 311 g/mol. The minimum Gasteiger partial charge on any atom is -0.355 e. The minimum absolute atomic E-state index is 0.0764. The summed E-state index contributed by atoms with van der Waals surface area (Å²) in [5, 5.41) is 5.77. The molecule has 21 heavy (non-hydrogen) atoms. The Morgan fingerprint density at radius 3 is 2.81 bits per heavy atom. The van der Waals surface area contributed by atoms with Gasteiger partial charge in [0.15, 0.2) is 0 Å². The Balaban J connectivity index is 2.28. The molecular weight excluding hydrogens is 290 g/mol. The van der Waals surface area contributed by atoms with Crippen LogP contribution in [-0.4, -0.2) is 45.3 Å². The first-order valence-electron chi connectivity index (χ1n) is 6.99. The number of hydrogen-bond donors (Lipinski definition) is 2. The summed E-state index contributed by atoms with van der Waals surface area (Å²) in [6.07, 6.45) is 0.200. The van der Waals surface area contributed by atoms with Crippen molar-refractivity contribution in [3.63, 3.8) is 0 Å². The number of rotatable bonds is 4. The van der Waals surface area contributed by atoms with Crippen LogP contribution in [0.5, 0.6) is 0 Å². The van der Waals surface area contributed by atoms with Crippen molar-refractivity contribution in [2.24, 2.45) is 0 Å². The molecule has 1 atom stereocenters. The van der Waals surface area contributed by atoms with E-state index in [9.17, 15) is 13.2 Å². The van der Waals surface area contributed by atoms with Gasteiger partial charge in [0.25, 0.3) is 0 Å².